The van der Waals surface area contributed by atoms with Crippen LogP contribution in [0.4, 0.5) is 0 Å². The quantitative estimate of drug-likeness (QED) is 0.799. The van der Waals surface area contributed by atoms with E-state index in [1.807, 2.05) is 0 Å². The molecular formula is C14H27NO2. The second kappa shape index (κ2) is 5.25. The largest absolute Gasteiger partial charge is 0.384 e. The van der Waals surface area contributed by atoms with Crippen molar-refractivity contribution >= 4 is 0 Å². The standard InChI is InChI=1S/C14H27NO2/c1-10(9-16-4)8-15-12-11-6-5-7-17-13(11)14(12,2)3/h10-13,15H,5-9H2,1-4H3. The monoisotopic (exact) mass is 241 g/mol. The molecule has 0 radical (unpaired) electrons. The number of ether oxygens (including phenoxy) is 2. The average molecular weight is 241 g/mol. The van der Waals surface area contributed by atoms with Crippen LogP contribution in [-0.4, -0.2) is 39.0 Å². The summed E-state index contributed by atoms with van der Waals surface area (Å²) in [5.41, 5.74) is 0.290. The van der Waals surface area contributed by atoms with E-state index >= 15 is 0 Å². The second-order valence-corrected chi connectivity index (χ2v) is 6.37. The lowest BCUT2D eigenvalue weighted by atomic mass is 9.55. The third-order valence-electron chi connectivity index (χ3n) is 4.47. The maximum Gasteiger partial charge on any atom is 0.0684 e. The molecule has 0 amide bonds. The van der Waals surface area contributed by atoms with Crippen LogP contribution in [0.1, 0.15) is 33.6 Å². The summed E-state index contributed by atoms with van der Waals surface area (Å²) in [7, 11) is 1.77. The third-order valence-corrected chi connectivity index (χ3v) is 4.47. The Hall–Kier alpha value is -0.120. The van der Waals surface area contributed by atoms with Crippen molar-refractivity contribution in [3.8, 4) is 0 Å². The molecule has 17 heavy (non-hydrogen) atoms. The fourth-order valence-electron chi connectivity index (χ4n) is 3.61. The van der Waals surface area contributed by atoms with Crippen LogP contribution < -0.4 is 5.32 Å². The maximum absolute atomic E-state index is 5.91. The molecule has 0 aromatic carbocycles. The van der Waals surface area contributed by atoms with Gasteiger partial charge in [0.05, 0.1) is 6.10 Å². The van der Waals surface area contributed by atoms with E-state index in [1.54, 1.807) is 7.11 Å². The van der Waals surface area contributed by atoms with Crippen molar-refractivity contribution in [2.24, 2.45) is 17.3 Å². The SMILES string of the molecule is COCC(C)CNC1C2CCCOC2C1(C)C. The van der Waals surface area contributed by atoms with Gasteiger partial charge in [0.15, 0.2) is 0 Å². The first-order valence-electron chi connectivity index (χ1n) is 6.91. The molecule has 2 rings (SSSR count). The summed E-state index contributed by atoms with van der Waals surface area (Å²) >= 11 is 0. The summed E-state index contributed by atoms with van der Waals surface area (Å²) in [4.78, 5) is 0. The van der Waals surface area contributed by atoms with Gasteiger partial charge in [0, 0.05) is 44.2 Å². The van der Waals surface area contributed by atoms with Gasteiger partial charge in [-0.05, 0) is 18.8 Å². The first-order chi connectivity index (χ1) is 8.07. The summed E-state index contributed by atoms with van der Waals surface area (Å²) < 4.78 is 11.1. The van der Waals surface area contributed by atoms with Gasteiger partial charge >= 0.3 is 0 Å². The predicted molar refractivity (Wildman–Crippen MR) is 69.1 cm³/mol. The molecule has 0 aromatic rings. The average Bonchev–Trinajstić information content (AvgIpc) is 2.29. The molecule has 1 saturated heterocycles. The molecule has 0 bridgehead atoms. The molecule has 3 heteroatoms. The van der Waals surface area contributed by atoms with E-state index in [0.717, 1.165) is 25.7 Å². The summed E-state index contributed by atoms with van der Waals surface area (Å²) in [5.74, 6) is 1.31. The molecule has 1 N–H and O–H groups in total. The second-order valence-electron chi connectivity index (χ2n) is 6.37. The Morgan fingerprint density at radius 3 is 2.94 bits per heavy atom. The summed E-state index contributed by atoms with van der Waals surface area (Å²) in [6, 6.07) is 0.618. The molecular weight excluding hydrogens is 214 g/mol. The number of rotatable bonds is 5. The minimum absolute atomic E-state index is 0.290. The molecule has 1 aliphatic carbocycles. The van der Waals surface area contributed by atoms with Crippen molar-refractivity contribution < 1.29 is 9.47 Å². The Balaban J connectivity index is 1.84. The molecule has 0 aromatic heterocycles. The van der Waals surface area contributed by atoms with Crippen molar-refractivity contribution in [1.82, 2.24) is 5.32 Å². The Morgan fingerprint density at radius 2 is 2.24 bits per heavy atom. The fraction of sp³-hybridized carbons (Fsp3) is 1.00. The van der Waals surface area contributed by atoms with Gasteiger partial charge in [-0.2, -0.15) is 0 Å². The highest BCUT2D eigenvalue weighted by Crippen LogP contribution is 2.51. The van der Waals surface area contributed by atoms with E-state index in [1.165, 1.54) is 12.8 Å². The minimum Gasteiger partial charge on any atom is -0.384 e. The Labute approximate surface area is 105 Å². The molecule has 1 saturated carbocycles. The molecule has 100 valence electrons. The van der Waals surface area contributed by atoms with Gasteiger partial charge in [0.2, 0.25) is 0 Å². The molecule has 4 unspecified atom stereocenters. The Kier molecular flexibility index (Phi) is 4.11. The number of hydrogen-bond donors (Lipinski definition) is 1. The van der Waals surface area contributed by atoms with Crippen LogP contribution in [0.2, 0.25) is 0 Å². The van der Waals surface area contributed by atoms with Crippen LogP contribution in [-0.2, 0) is 9.47 Å². The third kappa shape index (κ3) is 2.51. The van der Waals surface area contributed by atoms with Gasteiger partial charge in [-0.25, -0.2) is 0 Å². The van der Waals surface area contributed by atoms with Crippen molar-refractivity contribution in [1.29, 1.82) is 0 Å². The van der Waals surface area contributed by atoms with Gasteiger partial charge in [-0.3, -0.25) is 0 Å². The van der Waals surface area contributed by atoms with E-state index in [0.29, 0.717) is 18.1 Å². The normalized spacial score (nSPS) is 37.1. The van der Waals surface area contributed by atoms with Gasteiger partial charge in [0.25, 0.3) is 0 Å². The zero-order valence-electron chi connectivity index (χ0n) is 11.7. The maximum atomic E-state index is 5.91. The first-order valence-corrected chi connectivity index (χ1v) is 6.91. The summed E-state index contributed by atoms with van der Waals surface area (Å²) in [6.07, 6.45) is 3.03. The van der Waals surface area contributed by atoms with Crippen molar-refractivity contribution in [2.45, 2.75) is 45.8 Å². The lowest BCUT2D eigenvalue weighted by Gasteiger charge is -2.60. The molecule has 2 aliphatic rings. The van der Waals surface area contributed by atoms with Crippen LogP contribution >= 0.6 is 0 Å². The van der Waals surface area contributed by atoms with E-state index in [4.69, 9.17) is 9.47 Å². The van der Waals surface area contributed by atoms with E-state index in [-0.39, 0.29) is 5.41 Å². The molecule has 1 aliphatic heterocycles. The van der Waals surface area contributed by atoms with E-state index < -0.39 is 0 Å². The van der Waals surface area contributed by atoms with Crippen LogP contribution in [0.15, 0.2) is 0 Å². The lowest BCUT2D eigenvalue weighted by Crippen LogP contribution is -2.69. The van der Waals surface area contributed by atoms with Gasteiger partial charge in [-0.1, -0.05) is 20.8 Å². The topological polar surface area (TPSA) is 30.5 Å². The number of fused-ring (bicyclic) bond motifs is 1. The van der Waals surface area contributed by atoms with Crippen molar-refractivity contribution in [3.63, 3.8) is 0 Å². The fourth-order valence-corrected chi connectivity index (χ4v) is 3.61. The van der Waals surface area contributed by atoms with Gasteiger partial charge in [-0.15, -0.1) is 0 Å². The van der Waals surface area contributed by atoms with Crippen LogP contribution in [0.3, 0.4) is 0 Å². The predicted octanol–water partition coefficient (Wildman–Crippen LogP) is 2.06. The Morgan fingerprint density at radius 1 is 1.47 bits per heavy atom. The molecule has 2 fully saturated rings. The zero-order chi connectivity index (χ0) is 12.5. The summed E-state index contributed by atoms with van der Waals surface area (Å²) in [6.45, 7) is 9.74. The van der Waals surface area contributed by atoms with Crippen molar-refractivity contribution in [3.05, 3.63) is 0 Å². The van der Waals surface area contributed by atoms with Gasteiger partial charge in [0.1, 0.15) is 0 Å². The van der Waals surface area contributed by atoms with Crippen LogP contribution in [0.25, 0.3) is 0 Å². The molecule has 3 nitrogen and oxygen atoms in total. The van der Waals surface area contributed by atoms with Crippen LogP contribution in [0.5, 0.6) is 0 Å². The highest BCUT2D eigenvalue weighted by atomic mass is 16.5. The minimum atomic E-state index is 0.290. The molecule has 1 heterocycles. The first kappa shape index (κ1) is 13.3. The number of methoxy groups -OCH3 is 1. The summed E-state index contributed by atoms with van der Waals surface area (Å²) in [5, 5.41) is 3.73. The molecule has 0 spiro atoms. The highest BCUT2D eigenvalue weighted by molar-refractivity contribution is 5.10. The highest BCUT2D eigenvalue weighted by Gasteiger charge is 2.57. The smallest absolute Gasteiger partial charge is 0.0684 e. The lowest BCUT2D eigenvalue weighted by molar-refractivity contribution is -0.193. The van der Waals surface area contributed by atoms with Crippen molar-refractivity contribution in [2.75, 3.05) is 26.9 Å². The van der Waals surface area contributed by atoms with E-state index in [9.17, 15) is 0 Å². The van der Waals surface area contributed by atoms with Gasteiger partial charge < -0.3 is 14.8 Å². The number of nitrogens with one attached hydrogen (secondary N) is 1. The van der Waals surface area contributed by atoms with Crippen LogP contribution in [0, 0.1) is 17.3 Å². The molecule has 4 atom stereocenters. The Bertz CT molecular complexity index is 255. The van der Waals surface area contributed by atoms with E-state index in [2.05, 4.69) is 26.1 Å². The zero-order valence-corrected chi connectivity index (χ0v) is 11.7. The number of hydrogen-bond acceptors (Lipinski definition) is 3.